The maximum absolute atomic E-state index is 13.4. The fourth-order valence-corrected chi connectivity index (χ4v) is 4.39. The Hall–Kier alpha value is -4.32. The molecule has 0 heterocycles. The molecule has 0 aliphatic carbocycles. The van der Waals surface area contributed by atoms with Crippen molar-refractivity contribution in [2.45, 2.75) is 11.8 Å². The molecular weight excluding hydrogens is 454 g/mol. The van der Waals surface area contributed by atoms with Crippen molar-refractivity contribution in [3.05, 3.63) is 98.6 Å². The Labute approximate surface area is 188 Å². The standard InChI is InChI=1S/C21H17N3O8S/c1-2-32-19-10-8-16(9-11-19)22(33(30,31)20-6-4-3-5-7-20)21(25)15-12-17(23(26)27)14-18(13-15)24(28)29/h3-14H,2H2,1H3. The summed E-state index contributed by atoms with van der Waals surface area (Å²) in [5.41, 5.74) is -2.07. The number of nitro groups is 2. The maximum atomic E-state index is 13.4. The summed E-state index contributed by atoms with van der Waals surface area (Å²) in [7, 11) is -4.49. The molecular formula is C21H17N3O8S. The van der Waals surface area contributed by atoms with Gasteiger partial charge in [-0.15, -0.1) is 0 Å². The summed E-state index contributed by atoms with van der Waals surface area (Å²) < 4.78 is 32.6. The van der Waals surface area contributed by atoms with Crippen LogP contribution in [0.3, 0.4) is 0 Å². The average Bonchev–Trinajstić information content (AvgIpc) is 2.80. The molecule has 0 N–H and O–H groups in total. The van der Waals surface area contributed by atoms with Gasteiger partial charge in [0, 0.05) is 12.1 Å². The van der Waals surface area contributed by atoms with Gasteiger partial charge in [0.2, 0.25) is 0 Å². The molecule has 12 heteroatoms. The number of anilines is 1. The van der Waals surface area contributed by atoms with Crippen LogP contribution in [-0.4, -0.2) is 30.8 Å². The number of hydrogen-bond donors (Lipinski definition) is 0. The Morgan fingerprint density at radius 3 is 1.94 bits per heavy atom. The minimum atomic E-state index is -4.49. The highest BCUT2D eigenvalue weighted by atomic mass is 32.2. The summed E-state index contributed by atoms with van der Waals surface area (Å²) in [6, 6.07) is 14.9. The number of nitro benzene ring substituents is 2. The van der Waals surface area contributed by atoms with Crippen molar-refractivity contribution >= 4 is 33.0 Å². The van der Waals surface area contributed by atoms with Crippen LogP contribution in [-0.2, 0) is 10.0 Å². The fourth-order valence-electron chi connectivity index (χ4n) is 2.95. The first kappa shape index (κ1) is 23.3. The van der Waals surface area contributed by atoms with E-state index < -0.39 is 42.7 Å². The van der Waals surface area contributed by atoms with Crippen LogP contribution in [0.5, 0.6) is 5.75 Å². The topological polar surface area (TPSA) is 150 Å². The van der Waals surface area contributed by atoms with Gasteiger partial charge < -0.3 is 4.74 Å². The first-order valence-corrected chi connectivity index (χ1v) is 10.9. The van der Waals surface area contributed by atoms with Crippen LogP contribution in [0.15, 0.2) is 77.7 Å². The number of amides is 1. The van der Waals surface area contributed by atoms with Crippen molar-refractivity contribution in [3.63, 3.8) is 0 Å². The Kier molecular flexibility index (Phi) is 6.68. The highest BCUT2D eigenvalue weighted by Gasteiger charge is 2.33. The third-order valence-corrected chi connectivity index (χ3v) is 6.14. The van der Waals surface area contributed by atoms with Crippen LogP contribution in [0.25, 0.3) is 0 Å². The lowest BCUT2D eigenvalue weighted by Gasteiger charge is -2.23. The van der Waals surface area contributed by atoms with Crippen LogP contribution in [0.2, 0.25) is 0 Å². The number of hydrogen-bond acceptors (Lipinski definition) is 8. The summed E-state index contributed by atoms with van der Waals surface area (Å²) >= 11 is 0. The van der Waals surface area contributed by atoms with Gasteiger partial charge >= 0.3 is 0 Å². The quantitative estimate of drug-likeness (QED) is 0.354. The number of rotatable bonds is 8. The largest absolute Gasteiger partial charge is 0.494 e. The van der Waals surface area contributed by atoms with Gasteiger partial charge in [0.25, 0.3) is 27.3 Å². The van der Waals surface area contributed by atoms with Gasteiger partial charge in [-0.05, 0) is 43.3 Å². The van der Waals surface area contributed by atoms with Crippen molar-refractivity contribution < 1.29 is 27.8 Å². The Morgan fingerprint density at radius 2 is 1.45 bits per heavy atom. The van der Waals surface area contributed by atoms with E-state index in [1.165, 1.54) is 48.5 Å². The number of carbonyl (C=O) groups is 1. The molecule has 0 atom stereocenters. The van der Waals surface area contributed by atoms with Crippen molar-refractivity contribution in [2.75, 3.05) is 10.9 Å². The zero-order valence-electron chi connectivity index (χ0n) is 17.2. The monoisotopic (exact) mass is 471 g/mol. The van der Waals surface area contributed by atoms with Crippen LogP contribution < -0.4 is 9.04 Å². The minimum Gasteiger partial charge on any atom is -0.494 e. The predicted octanol–water partition coefficient (Wildman–Crippen LogP) is 3.94. The number of sulfonamides is 1. The van der Waals surface area contributed by atoms with E-state index in [2.05, 4.69) is 0 Å². The lowest BCUT2D eigenvalue weighted by Crippen LogP contribution is -2.37. The number of nitrogens with zero attached hydrogens (tertiary/aromatic N) is 3. The number of benzene rings is 3. The average molecular weight is 471 g/mol. The van der Waals surface area contributed by atoms with E-state index in [1.54, 1.807) is 13.0 Å². The number of ether oxygens (including phenoxy) is 1. The van der Waals surface area contributed by atoms with Crippen LogP contribution in [0, 0.1) is 20.2 Å². The van der Waals surface area contributed by atoms with Gasteiger partial charge in [-0.1, -0.05) is 18.2 Å². The molecule has 33 heavy (non-hydrogen) atoms. The second kappa shape index (κ2) is 9.44. The van der Waals surface area contributed by atoms with E-state index in [4.69, 9.17) is 4.74 Å². The van der Waals surface area contributed by atoms with E-state index in [0.717, 1.165) is 12.1 Å². The Balaban J connectivity index is 2.20. The third kappa shape index (κ3) is 4.96. The molecule has 0 aliphatic rings. The molecule has 0 saturated heterocycles. The number of non-ortho nitro benzene ring substituents is 2. The van der Waals surface area contributed by atoms with E-state index in [-0.39, 0.29) is 10.6 Å². The molecule has 0 radical (unpaired) electrons. The Morgan fingerprint density at radius 1 is 0.909 bits per heavy atom. The summed E-state index contributed by atoms with van der Waals surface area (Å²) in [4.78, 5) is 33.8. The lowest BCUT2D eigenvalue weighted by molar-refractivity contribution is -0.394. The van der Waals surface area contributed by atoms with E-state index in [9.17, 15) is 33.4 Å². The van der Waals surface area contributed by atoms with Gasteiger partial charge in [-0.3, -0.25) is 25.0 Å². The minimum absolute atomic E-state index is 0.0820. The molecule has 1 amide bonds. The highest BCUT2D eigenvalue weighted by molar-refractivity contribution is 7.93. The zero-order chi connectivity index (χ0) is 24.2. The van der Waals surface area contributed by atoms with Crippen LogP contribution in [0.1, 0.15) is 17.3 Å². The lowest BCUT2D eigenvalue weighted by atomic mass is 10.1. The van der Waals surface area contributed by atoms with Gasteiger partial charge in [-0.2, -0.15) is 4.31 Å². The molecule has 11 nitrogen and oxygen atoms in total. The van der Waals surface area contributed by atoms with Crippen molar-refractivity contribution in [3.8, 4) is 5.75 Å². The number of carbonyl (C=O) groups excluding carboxylic acids is 1. The van der Waals surface area contributed by atoms with Crippen LogP contribution in [0.4, 0.5) is 17.1 Å². The van der Waals surface area contributed by atoms with E-state index in [0.29, 0.717) is 22.7 Å². The molecule has 3 aromatic rings. The molecule has 0 aromatic heterocycles. The molecule has 3 aromatic carbocycles. The summed E-state index contributed by atoms with van der Waals surface area (Å²) in [6.45, 7) is 2.13. The fraction of sp³-hybridized carbons (Fsp3) is 0.0952. The highest BCUT2D eigenvalue weighted by Crippen LogP contribution is 2.30. The first-order chi connectivity index (χ1) is 15.6. The van der Waals surface area contributed by atoms with Gasteiger partial charge in [0.05, 0.1) is 38.7 Å². The third-order valence-electron chi connectivity index (χ3n) is 4.42. The first-order valence-electron chi connectivity index (χ1n) is 9.46. The SMILES string of the molecule is CCOc1ccc(N(C(=O)c2cc([N+](=O)[O-])cc([N+](=O)[O-])c2)S(=O)(=O)c2ccccc2)cc1. The second-order valence-electron chi connectivity index (χ2n) is 6.57. The molecule has 0 saturated carbocycles. The molecule has 0 unspecified atom stereocenters. The smallest absolute Gasteiger partial charge is 0.277 e. The summed E-state index contributed by atoms with van der Waals surface area (Å²) in [6.07, 6.45) is 0. The summed E-state index contributed by atoms with van der Waals surface area (Å²) in [5.74, 6) is -0.772. The molecule has 0 fully saturated rings. The molecule has 0 aliphatic heterocycles. The predicted molar refractivity (Wildman–Crippen MR) is 118 cm³/mol. The maximum Gasteiger partial charge on any atom is 0.277 e. The second-order valence-corrected chi connectivity index (χ2v) is 8.35. The molecule has 170 valence electrons. The normalized spacial score (nSPS) is 10.9. The molecule has 3 rings (SSSR count). The van der Waals surface area contributed by atoms with Gasteiger partial charge in [0.1, 0.15) is 5.75 Å². The zero-order valence-corrected chi connectivity index (χ0v) is 18.0. The molecule has 0 spiro atoms. The van der Waals surface area contributed by atoms with Crippen LogP contribution >= 0.6 is 0 Å². The Bertz CT molecular complexity index is 1280. The van der Waals surface area contributed by atoms with Crippen molar-refractivity contribution in [1.29, 1.82) is 0 Å². The summed E-state index contributed by atoms with van der Waals surface area (Å²) in [5, 5.41) is 22.5. The molecule has 0 bridgehead atoms. The van der Waals surface area contributed by atoms with Gasteiger partial charge in [-0.25, -0.2) is 8.42 Å². The van der Waals surface area contributed by atoms with E-state index >= 15 is 0 Å². The van der Waals surface area contributed by atoms with Crippen molar-refractivity contribution in [1.82, 2.24) is 0 Å². The van der Waals surface area contributed by atoms with Gasteiger partial charge in [0.15, 0.2) is 0 Å². The van der Waals surface area contributed by atoms with Crippen molar-refractivity contribution in [2.24, 2.45) is 0 Å². The van der Waals surface area contributed by atoms with E-state index in [1.807, 2.05) is 0 Å².